The Labute approximate surface area is 111 Å². The monoisotopic (exact) mass is 260 g/mol. The summed E-state index contributed by atoms with van der Waals surface area (Å²) in [5, 5.41) is 14.1. The van der Waals surface area contributed by atoms with Crippen molar-refractivity contribution in [3.8, 4) is 11.5 Å². The van der Waals surface area contributed by atoms with Crippen LogP contribution in [0.15, 0.2) is 23.4 Å². The van der Waals surface area contributed by atoms with E-state index in [1.165, 1.54) is 10.9 Å². The molecule has 0 fully saturated rings. The largest absolute Gasteiger partial charge is 0.507 e. The molecular formula is C13H16N4O2. The van der Waals surface area contributed by atoms with Gasteiger partial charge in [0, 0.05) is 5.56 Å². The fraction of sp³-hybridized carbons (Fsp3) is 0.231. The van der Waals surface area contributed by atoms with Crippen molar-refractivity contribution in [1.82, 2.24) is 9.66 Å². The number of methoxy groups -OCH3 is 1. The Hall–Kier alpha value is -2.50. The van der Waals surface area contributed by atoms with Gasteiger partial charge in [-0.15, -0.1) is 0 Å². The molecule has 0 bridgehead atoms. The van der Waals surface area contributed by atoms with Crippen LogP contribution in [0.3, 0.4) is 0 Å². The number of nitrogens with two attached hydrogens (primary N) is 1. The van der Waals surface area contributed by atoms with Gasteiger partial charge in [0.2, 0.25) is 5.95 Å². The van der Waals surface area contributed by atoms with Gasteiger partial charge in [-0.25, -0.2) is 9.66 Å². The summed E-state index contributed by atoms with van der Waals surface area (Å²) in [7, 11) is 1.57. The first kappa shape index (κ1) is 12.9. The Kier molecular flexibility index (Phi) is 3.41. The molecule has 100 valence electrons. The van der Waals surface area contributed by atoms with Gasteiger partial charge in [-0.3, -0.25) is 0 Å². The molecule has 0 spiro atoms. The average Bonchev–Trinajstić information content (AvgIpc) is 2.69. The van der Waals surface area contributed by atoms with E-state index in [0.29, 0.717) is 17.3 Å². The van der Waals surface area contributed by atoms with E-state index in [-0.39, 0.29) is 5.75 Å². The Morgan fingerprint density at radius 3 is 2.74 bits per heavy atom. The number of aryl methyl sites for hydroxylation is 2. The maximum absolute atomic E-state index is 9.97. The summed E-state index contributed by atoms with van der Waals surface area (Å²) in [6.07, 6.45) is 3.22. The molecule has 1 aromatic heterocycles. The molecule has 6 heteroatoms. The van der Waals surface area contributed by atoms with E-state index in [1.807, 2.05) is 6.92 Å². The second kappa shape index (κ2) is 5.01. The summed E-state index contributed by atoms with van der Waals surface area (Å²) >= 11 is 0. The third-order valence-electron chi connectivity index (χ3n) is 2.70. The molecule has 1 aromatic carbocycles. The maximum atomic E-state index is 9.97. The highest BCUT2D eigenvalue weighted by molar-refractivity contribution is 5.84. The van der Waals surface area contributed by atoms with Crippen LogP contribution in [0.4, 0.5) is 5.95 Å². The number of imidazole rings is 1. The summed E-state index contributed by atoms with van der Waals surface area (Å²) in [6.45, 7) is 3.63. The second-order valence-corrected chi connectivity index (χ2v) is 4.21. The summed E-state index contributed by atoms with van der Waals surface area (Å²) in [5.41, 5.74) is 7.73. The summed E-state index contributed by atoms with van der Waals surface area (Å²) in [5.74, 6) is 1.12. The Balaban J connectivity index is 2.37. The molecule has 0 aliphatic heterocycles. The zero-order valence-corrected chi connectivity index (χ0v) is 11.1. The van der Waals surface area contributed by atoms with Gasteiger partial charge < -0.3 is 15.6 Å². The van der Waals surface area contributed by atoms with Crippen LogP contribution >= 0.6 is 0 Å². The number of hydrogen-bond donors (Lipinski definition) is 2. The van der Waals surface area contributed by atoms with Gasteiger partial charge in [0.25, 0.3) is 0 Å². The first-order valence-electron chi connectivity index (χ1n) is 5.74. The van der Waals surface area contributed by atoms with Gasteiger partial charge in [-0.2, -0.15) is 5.10 Å². The molecule has 2 rings (SSSR count). The zero-order chi connectivity index (χ0) is 14.0. The summed E-state index contributed by atoms with van der Waals surface area (Å²) in [6, 6.07) is 3.45. The van der Waals surface area contributed by atoms with Crippen molar-refractivity contribution >= 4 is 12.2 Å². The summed E-state index contributed by atoms with van der Waals surface area (Å²) < 4.78 is 6.60. The van der Waals surface area contributed by atoms with Crippen LogP contribution < -0.4 is 10.5 Å². The molecule has 3 N–H and O–H groups in total. The van der Waals surface area contributed by atoms with Crippen molar-refractivity contribution in [3.63, 3.8) is 0 Å². The first-order valence-corrected chi connectivity index (χ1v) is 5.74. The zero-order valence-electron chi connectivity index (χ0n) is 11.1. The summed E-state index contributed by atoms with van der Waals surface area (Å²) in [4.78, 5) is 4.04. The van der Waals surface area contributed by atoms with E-state index < -0.39 is 0 Å². The van der Waals surface area contributed by atoms with Crippen LogP contribution in [-0.4, -0.2) is 28.1 Å². The lowest BCUT2D eigenvalue weighted by molar-refractivity contribution is 0.411. The van der Waals surface area contributed by atoms with E-state index >= 15 is 0 Å². The highest BCUT2D eigenvalue weighted by Crippen LogP contribution is 2.26. The van der Waals surface area contributed by atoms with Gasteiger partial charge in [-0.05, 0) is 31.5 Å². The highest BCUT2D eigenvalue weighted by Gasteiger charge is 2.06. The topological polar surface area (TPSA) is 85.7 Å². The molecule has 19 heavy (non-hydrogen) atoms. The molecule has 0 amide bonds. The van der Waals surface area contributed by atoms with Crippen molar-refractivity contribution in [1.29, 1.82) is 0 Å². The Morgan fingerprint density at radius 1 is 1.42 bits per heavy atom. The van der Waals surface area contributed by atoms with Crippen LogP contribution in [-0.2, 0) is 0 Å². The van der Waals surface area contributed by atoms with E-state index in [4.69, 9.17) is 10.5 Å². The number of phenols is 1. The van der Waals surface area contributed by atoms with E-state index in [2.05, 4.69) is 10.1 Å². The number of nitrogen functional groups attached to an aromatic ring is 1. The number of phenolic OH excluding ortho intramolecular Hbond substituents is 1. The third kappa shape index (κ3) is 2.67. The second-order valence-electron chi connectivity index (χ2n) is 4.21. The molecule has 0 aliphatic carbocycles. The van der Waals surface area contributed by atoms with Crippen molar-refractivity contribution in [2.45, 2.75) is 13.8 Å². The van der Waals surface area contributed by atoms with Crippen molar-refractivity contribution in [2.24, 2.45) is 5.10 Å². The van der Waals surface area contributed by atoms with Gasteiger partial charge in [-0.1, -0.05) is 0 Å². The third-order valence-corrected chi connectivity index (χ3v) is 2.70. The normalized spacial score (nSPS) is 11.1. The smallest absolute Gasteiger partial charge is 0.221 e. The minimum Gasteiger partial charge on any atom is -0.507 e. The average molecular weight is 260 g/mol. The van der Waals surface area contributed by atoms with E-state index in [0.717, 1.165) is 11.3 Å². The quantitative estimate of drug-likeness (QED) is 0.822. The van der Waals surface area contributed by atoms with Crippen molar-refractivity contribution in [3.05, 3.63) is 35.2 Å². The number of anilines is 1. The molecule has 0 saturated carbocycles. The fourth-order valence-corrected chi connectivity index (χ4v) is 1.71. The SMILES string of the molecule is COc1cc(C)c(O)c(C=Nn2cc(C)nc2N)c1. The fourth-order valence-electron chi connectivity index (χ4n) is 1.71. The predicted molar refractivity (Wildman–Crippen MR) is 73.8 cm³/mol. The molecule has 0 atom stereocenters. The lowest BCUT2D eigenvalue weighted by atomic mass is 10.1. The number of aromatic nitrogens is 2. The number of ether oxygens (including phenoxy) is 1. The molecule has 0 radical (unpaired) electrons. The highest BCUT2D eigenvalue weighted by atomic mass is 16.5. The maximum Gasteiger partial charge on any atom is 0.221 e. The molecule has 0 unspecified atom stereocenters. The molecule has 1 heterocycles. The van der Waals surface area contributed by atoms with Gasteiger partial charge in [0.05, 0.1) is 25.2 Å². The molecule has 2 aromatic rings. The van der Waals surface area contributed by atoms with Crippen LogP contribution in [0.2, 0.25) is 0 Å². The number of rotatable bonds is 3. The van der Waals surface area contributed by atoms with Gasteiger partial charge in [0.15, 0.2) is 0 Å². The van der Waals surface area contributed by atoms with Crippen LogP contribution in [0.25, 0.3) is 0 Å². The Bertz CT molecular complexity index is 632. The molecule has 6 nitrogen and oxygen atoms in total. The lowest BCUT2D eigenvalue weighted by Gasteiger charge is -2.06. The predicted octanol–water partition coefficient (Wildman–Crippen LogP) is 1.68. The number of benzene rings is 1. The van der Waals surface area contributed by atoms with Crippen molar-refractivity contribution < 1.29 is 9.84 Å². The first-order chi connectivity index (χ1) is 9.01. The van der Waals surface area contributed by atoms with Crippen molar-refractivity contribution in [2.75, 3.05) is 12.8 Å². The van der Waals surface area contributed by atoms with E-state index in [1.54, 1.807) is 32.4 Å². The van der Waals surface area contributed by atoms with Crippen LogP contribution in [0, 0.1) is 13.8 Å². The van der Waals surface area contributed by atoms with E-state index in [9.17, 15) is 5.11 Å². The standard InChI is InChI=1S/C13H16N4O2/c1-8-4-11(19-3)5-10(12(8)18)6-15-17-7-9(2)16-13(17)14/h4-7,18H,1-3H3,(H2,14,16). The number of hydrogen-bond acceptors (Lipinski definition) is 5. The molecular weight excluding hydrogens is 244 g/mol. The minimum absolute atomic E-state index is 0.167. The van der Waals surface area contributed by atoms with Crippen LogP contribution in [0.1, 0.15) is 16.8 Å². The minimum atomic E-state index is 0.167. The lowest BCUT2D eigenvalue weighted by Crippen LogP contribution is -1.97. The van der Waals surface area contributed by atoms with Gasteiger partial charge in [0.1, 0.15) is 11.5 Å². The van der Waals surface area contributed by atoms with Crippen LogP contribution in [0.5, 0.6) is 11.5 Å². The number of nitrogens with zero attached hydrogens (tertiary/aromatic N) is 3. The van der Waals surface area contributed by atoms with Gasteiger partial charge >= 0.3 is 0 Å². The number of aromatic hydroxyl groups is 1. The molecule has 0 aliphatic rings. The Morgan fingerprint density at radius 2 is 2.16 bits per heavy atom. The molecule has 0 saturated heterocycles.